The molecule has 1 aromatic heterocycles. The Morgan fingerprint density at radius 2 is 1.66 bits per heavy atom. The molecule has 1 saturated heterocycles. The lowest BCUT2D eigenvalue weighted by atomic mass is 10.0. The Labute approximate surface area is 166 Å². The summed E-state index contributed by atoms with van der Waals surface area (Å²) in [6.45, 7) is 1.44. The number of hydrogen-bond donors (Lipinski definition) is 1. The summed E-state index contributed by atoms with van der Waals surface area (Å²) in [6, 6.07) is 5.58. The van der Waals surface area contributed by atoms with Crippen molar-refractivity contribution in [2.45, 2.75) is 18.9 Å². The van der Waals surface area contributed by atoms with Crippen molar-refractivity contribution in [1.82, 2.24) is 14.8 Å². The zero-order valence-corrected chi connectivity index (χ0v) is 15.7. The summed E-state index contributed by atoms with van der Waals surface area (Å²) < 4.78 is 40.0. The van der Waals surface area contributed by atoms with Crippen molar-refractivity contribution in [1.29, 1.82) is 0 Å². The van der Waals surface area contributed by atoms with E-state index in [4.69, 9.17) is 5.73 Å². The van der Waals surface area contributed by atoms with Gasteiger partial charge in [-0.25, -0.2) is 13.2 Å². The Balaban J connectivity index is 1.51. The highest BCUT2D eigenvalue weighted by Crippen LogP contribution is 2.16. The quantitative estimate of drug-likeness (QED) is 0.768. The zero-order valence-electron chi connectivity index (χ0n) is 15.7. The molecule has 1 fully saturated rings. The molecular formula is C20H21F3N4O2. The van der Waals surface area contributed by atoms with E-state index in [2.05, 4.69) is 4.98 Å². The predicted molar refractivity (Wildman–Crippen MR) is 99.3 cm³/mol. The lowest BCUT2D eigenvalue weighted by molar-refractivity contribution is -0.133. The van der Waals surface area contributed by atoms with Crippen molar-refractivity contribution >= 4 is 11.8 Å². The van der Waals surface area contributed by atoms with Crippen molar-refractivity contribution < 1.29 is 22.8 Å². The average molecular weight is 406 g/mol. The average Bonchev–Trinajstić information content (AvgIpc) is 2.72. The number of pyridine rings is 1. The van der Waals surface area contributed by atoms with Crippen molar-refractivity contribution in [3.05, 3.63) is 65.2 Å². The van der Waals surface area contributed by atoms with Crippen molar-refractivity contribution in [3.63, 3.8) is 0 Å². The Morgan fingerprint density at radius 1 is 1.00 bits per heavy atom. The number of benzene rings is 1. The van der Waals surface area contributed by atoms with Crippen molar-refractivity contribution in [2.24, 2.45) is 5.73 Å². The van der Waals surface area contributed by atoms with Gasteiger partial charge in [-0.3, -0.25) is 14.6 Å². The van der Waals surface area contributed by atoms with E-state index in [0.717, 1.165) is 6.07 Å². The zero-order chi connectivity index (χ0) is 21.0. The Hall–Kier alpha value is -2.94. The van der Waals surface area contributed by atoms with E-state index in [-0.39, 0.29) is 30.2 Å². The van der Waals surface area contributed by atoms with Crippen LogP contribution in [0.1, 0.15) is 22.5 Å². The van der Waals surface area contributed by atoms with Crippen LogP contribution in [0.2, 0.25) is 0 Å². The molecule has 0 unspecified atom stereocenters. The largest absolute Gasteiger partial charge is 0.339 e. The number of aromatic nitrogens is 1. The molecule has 1 aliphatic heterocycles. The second-order valence-corrected chi connectivity index (χ2v) is 6.91. The SMILES string of the molecule is N[C@H](CC(=O)N1CCN(C(=O)c2ccccn2)CC1)Cc1cc(F)c(F)cc1F. The molecule has 2 heterocycles. The monoisotopic (exact) mass is 406 g/mol. The molecule has 0 bridgehead atoms. The first-order valence-electron chi connectivity index (χ1n) is 9.22. The molecule has 0 saturated carbocycles. The van der Waals surface area contributed by atoms with Gasteiger partial charge in [0.05, 0.1) is 0 Å². The molecular weight excluding hydrogens is 385 g/mol. The van der Waals surface area contributed by atoms with Gasteiger partial charge in [0.25, 0.3) is 5.91 Å². The van der Waals surface area contributed by atoms with E-state index < -0.39 is 23.5 Å². The fraction of sp³-hybridized carbons (Fsp3) is 0.350. The van der Waals surface area contributed by atoms with Crippen LogP contribution in [0.3, 0.4) is 0 Å². The van der Waals surface area contributed by atoms with Crippen molar-refractivity contribution in [2.75, 3.05) is 26.2 Å². The van der Waals surface area contributed by atoms with Crippen LogP contribution in [0.25, 0.3) is 0 Å². The van der Waals surface area contributed by atoms with Gasteiger partial charge < -0.3 is 15.5 Å². The van der Waals surface area contributed by atoms with Gasteiger partial charge in [0.1, 0.15) is 11.5 Å². The van der Waals surface area contributed by atoms with Gasteiger partial charge in [-0.05, 0) is 30.2 Å². The predicted octanol–water partition coefficient (Wildman–Crippen LogP) is 1.74. The van der Waals surface area contributed by atoms with Gasteiger partial charge in [0, 0.05) is 50.9 Å². The van der Waals surface area contributed by atoms with E-state index in [1.165, 1.54) is 0 Å². The van der Waals surface area contributed by atoms with Gasteiger partial charge in [0.15, 0.2) is 11.6 Å². The third kappa shape index (κ3) is 5.11. The first-order chi connectivity index (χ1) is 13.8. The van der Waals surface area contributed by atoms with E-state index >= 15 is 0 Å². The molecule has 2 aromatic rings. The lowest BCUT2D eigenvalue weighted by Gasteiger charge is -2.35. The lowest BCUT2D eigenvalue weighted by Crippen LogP contribution is -2.51. The Bertz CT molecular complexity index is 887. The number of nitrogens with two attached hydrogens (primary N) is 1. The van der Waals surface area contributed by atoms with Crippen LogP contribution < -0.4 is 5.73 Å². The fourth-order valence-corrected chi connectivity index (χ4v) is 3.24. The Morgan fingerprint density at radius 3 is 2.31 bits per heavy atom. The third-order valence-corrected chi connectivity index (χ3v) is 4.81. The summed E-state index contributed by atoms with van der Waals surface area (Å²) in [4.78, 5) is 32.1. The topological polar surface area (TPSA) is 79.5 Å². The van der Waals surface area contributed by atoms with Gasteiger partial charge in [-0.15, -0.1) is 0 Å². The maximum absolute atomic E-state index is 13.7. The van der Waals surface area contributed by atoms with E-state index in [1.54, 1.807) is 34.2 Å². The minimum absolute atomic E-state index is 0.0629. The van der Waals surface area contributed by atoms with Crippen LogP contribution in [-0.2, 0) is 11.2 Å². The van der Waals surface area contributed by atoms with Crippen LogP contribution in [0.4, 0.5) is 13.2 Å². The molecule has 1 aromatic carbocycles. The number of nitrogens with zero attached hydrogens (tertiary/aromatic N) is 3. The number of piperazine rings is 1. The molecule has 154 valence electrons. The van der Waals surface area contributed by atoms with E-state index in [9.17, 15) is 22.8 Å². The normalized spacial score (nSPS) is 15.3. The maximum Gasteiger partial charge on any atom is 0.272 e. The van der Waals surface area contributed by atoms with Gasteiger partial charge in [-0.1, -0.05) is 6.07 Å². The number of amides is 2. The smallest absolute Gasteiger partial charge is 0.272 e. The number of carbonyl (C=O) groups is 2. The van der Waals surface area contributed by atoms with Crippen LogP contribution in [0, 0.1) is 17.5 Å². The molecule has 29 heavy (non-hydrogen) atoms. The highest BCUT2D eigenvalue weighted by Gasteiger charge is 2.26. The summed E-state index contributed by atoms with van der Waals surface area (Å²) in [7, 11) is 0. The minimum atomic E-state index is -1.27. The van der Waals surface area contributed by atoms with E-state index in [0.29, 0.717) is 37.9 Å². The van der Waals surface area contributed by atoms with Crippen LogP contribution in [-0.4, -0.2) is 58.8 Å². The number of carbonyl (C=O) groups excluding carboxylic acids is 2. The number of hydrogen-bond acceptors (Lipinski definition) is 4. The summed E-state index contributed by atoms with van der Waals surface area (Å²) in [5, 5.41) is 0. The molecule has 1 aliphatic rings. The molecule has 9 heteroatoms. The van der Waals surface area contributed by atoms with E-state index in [1.807, 2.05) is 0 Å². The number of rotatable bonds is 5. The van der Waals surface area contributed by atoms with Crippen molar-refractivity contribution in [3.8, 4) is 0 Å². The second kappa shape index (κ2) is 9.04. The van der Waals surface area contributed by atoms with Gasteiger partial charge >= 0.3 is 0 Å². The first-order valence-corrected chi connectivity index (χ1v) is 9.22. The molecule has 2 amide bonds. The molecule has 3 rings (SSSR count). The Kier molecular flexibility index (Phi) is 6.48. The summed E-state index contributed by atoms with van der Waals surface area (Å²) in [5.74, 6) is -3.75. The van der Waals surface area contributed by atoms with Gasteiger partial charge in [0.2, 0.25) is 5.91 Å². The maximum atomic E-state index is 13.7. The molecule has 1 atom stereocenters. The summed E-state index contributed by atoms with van der Waals surface area (Å²) in [5.41, 5.74) is 6.19. The second-order valence-electron chi connectivity index (χ2n) is 6.91. The summed E-state index contributed by atoms with van der Waals surface area (Å²) >= 11 is 0. The fourth-order valence-electron chi connectivity index (χ4n) is 3.24. The standard InChI is InChI=1S/C20H21F3N4O2/c21-15-12-17(23)16(22)10-13(15)9-14(24)11-19(28)26-5-7-27(8-6-26)20(29)18-3-1-2-4-25-18/h1-4,10,12,14H,5-9,11,24H2/t14-/m0/s1. The summed E-state index contributed by atoms with van der Waals surface area (Å²) in [6.07, 6.45) is 1.39. The molecule has 0 radical (unpaired) electrons. The highest BCUT2D eigenvalue weighted by molar-refractivity contribution is 5.92. The number of halogens is 3. The molecule has 0 aliphatic carbocycles. The van der Waals surface area contributed by atoms with Crippen LogP contribution >= 0.6 is 0 Å². The van der Waals surface area contributed by atoms with Gasteiger partial charge in [-0.2, -0.15) is 0 Å². The molecule has 0 spiro atoms. The van der Waals surface area contributed by atoms with Crippen LogP contribution in [0.5, 0.6) is 0 Å². The molecule has 2 N–H and O–H groups in total. The molecule has 6 nitrogen and oxygen atoms in total. The van der Waals surface area contributed by atoms with Crippen LogP contribution in [0.15, 0.2) is 36.5 Å². The third-order valence-electron chi connectivity index (χ3n) is 4.81. The first kappa shape index (κ1) is 20.8. The highest BCUT2D eigenvalue weighted by atomic mass is 19.2. The minimum Gasteiger partial charge on any atom is -0.339 e.